The molecule has 0 spiro atoms. The van der Waals surface area contributed by atoms with Crippen molar-refractivity contribution in [1.82, 2.24) is 5.32 Å². The second kappa shape index (κ2) is 9.04. The van der Waals surface area contributed by atoms with Gasteiger partial charge in [-0.15, -0.1) is 0 Å². The van der Waals surface area contributed by atoms with Gasteiger partial charge in [0.1, 0.15) is 5.75 Å². The van der Waals surface area contributed by atoms with Gasteiger partial charge in [0.25, 0.3) is 0 Å². The smallest absolute Gasteiger partial charge is 0.142 e. The summed E-state index contributed by atoms with van der Waals surface area (Å²) in [6, 6.07) is 7.34. The first kappa shape index (κ1) is 17.1. The van der Waals surface area contributed by atoms with Gasteiger partial charge in [0.2, 0.25) is 0 Å². The number of nitrogens with zero attached hydrogens (tertiary/aromatic N) is 1. The number of benzene rings is 1. The standard InChI is InChI=1S/C19H32N2O/c1-4-6-12-20-15-17-10-11-18(19(14-17)22-5-2)21-13-8-7-9-16(21)3/h10-11,14,16,20H,4-9,12-13,15H2,1-3H3. The van der Waals surface area contributed by atoms with Gasteiger partial charge in [-0.25, -0.2) is 0 Å². The molecule has 0 radical (unpaired) electrons. The minimum Gasteiger partial charge on any atom is -0.492 e. The molecule has 0 saturated carbocycles. The van der Waals surface area contributed by atoms with E-state index in [0.717, 1.165) is 32.0 Å². The number of anilines is 1. The summed E-state index contributed by atoms with van der Waals surface area (Å²) in [5, 5.41) is 3.51. The van der Waals surface area contributed by atoms with Gasteiger partial charge < -0.3 is 15.0 Å². The third kappa shape index (κ3) is 4.64. The van der Waals surface area contributed by atoms with Crippen LogP contribution in [-0.2, 0) is 6.54 Å². The highest BCUT2D eigenvalue weighted by atomic mass is 16.5. The van der Waals surface area contributed by atoms with Crippen molar-refractivity contribution in [2.24, 2.45) is 0 Å². The van der Waals surface area contributed by atoms with E-state index in [2.05, 4.69) is 49.2 Å². The van der Waals surface area contributed by atoms with Gasteiger partial charge in [-0.3, -0.25) is 0 Å². The quantitative estimate of drug-likeness (QED) is 0.722. The third-order valence-corrected chi connectivity index (χ3v) is 4.47. The third-order valence-electron chi connectivity index (χ3n) is 4.47. The van der Waals surface area contributed by atoms with Gasteiger partial charge in [0.15, 0.2) is 0 Å². The van der Waals surface area contributed by atoms with Crippen LogP contribution in [-0.4, -0.2) is 25.7 Å². The predicted octanol–water partition coefficient (Wildman–Crippen LogP) is 4.35. The van der Waals surface area contributed by atoms with Crippen molar-refractivity contribution in [2.75, 3.05) is 24.6 Å². The number of unbranched alkanes of at least 4 members (excludes halogenated alkanes) is 1. The van der Waals surface area contributed by atoms with Crippen LogP contribution < -0.4 is 15.0 Å². The minimum atomic E-state index is 0.612. The number of piperidine rings is 1. The molecule has 1 N–H and O–H groups in total. The Morgan fingerprint density at radius 1 is 1.27 bits per heavy atom. The first-order valence-corrected chi connectivity index (χ1v) is 8.99. The summed E-state index contributed by atoms with van der Waals surface area (Å²) in [6.45, 7) is 10.5. The fourth-order valence-corrected chi connectivity index (χ4v) is 3.17. The van der Waals surface area contributed by atoms with Gasteiger partial charge >= 0.3 is 0 Å². The zero-order chi connectivity index (χ0) is 15.8. The Kier molecular flexibility index (Phi) is 7.04. The van der Waals surface area contributed by atoms with Gasteiger partial charge in [0, 0.05) is 19.1 Å². The van der Waals surface area contributed by atoms with Crippen LogP contribution in [0.2, 0.25) is 0 Å². The van der Waals surface area contributed by atoms with Gasteiger partial charge in [-0.05, 0) is 63.8 Å². The molecule has 124 valence electrons. The van der Waals surface area contributed by atoms with Crippen LogP contribution in [0.25, 0.3) is 0 Å². The number of hydrogen-bond donors (Lipinski definition) is 1. The van der Waals surface area contributed by atoms with E-state index in [0.29, 0.717) is 6.04 Å². The lowest BCUT2D eigenvalue weighted by Crippen LogP contribution is -2.37. The topological polar surface area (TPSA) is 24.5 Å². The molecule has 1 saturated heterocycles. The number of nitrogens with one attached hydrogen (secondary N) is 1. The molecule has 1 atom stereocenters. The first-order chi connectivity index (χ1) is 10.8. The van der Waals surface area contributed by atoms with Crippen molar-refractivity contribution in [2.45, 2.75) is 65.5 Å². The second-order valence-electron chi connectivity index (χ2n) is 6.30. The molecule has 1 aromatic carbocycles. The maximum Gasteiger partial charge on any atom is 0.142 e. The summed E-state index contributed by atoms with van der Waals surface area (Å²) in [5.74, 6) is 1.05. The molecule has 1 unspecified atom stereocenters. The molecule has 0 bridgehead atoms. The summed E-state index contributed by atoms with van der Waals surface area (Å²) in [5.41, 5.74) is 2.58. The highest BCUT2D eigenvalue weighted by molar-refractivity contribution is 5.60. The van der Waals surface area contributed by atoms with Crippen LogP contribution in [0.4, 0.5) is 5.69 Å². The maximum atomic E-state index is 5.94. The average molecular weight is 304 g/mol. The minimum absolute atomic E-state index is 0.612. The molecule has 1 aliphatic heterocycles. The van der Waals surface area contributed by atoms with Gasteiger partial charge in [-0.1, -0.05) is 19.4 Å². The van der Waals surface area contributed by atoms with Crippen LogP contribution in [0.15, 0.2) is 18.2 Å². The predicted molar refractivity (Wildman–Crippen MR) is 94.9 cm³/mol. The molecule has 1 aliphatic rings. The van der Waals surface area contributed by atoms with E-state index in [1.54, 1.807) is 0 Å². The molecule has 22 heavy (non-hydrogen) atoms. The molecule has 3 nitrogen and oxygen atoms in total. The monoisotopic (exact) mass is 304 g/mol. The van der Waals surface area contributed by atoms with Crippen molar-refractivity contribution < 1.29 is 4.74 Å². The van der Waals surface area contributed by atoms with Crippen molar-refractivity contribution >= 4 is 5.69 Å². The Morgan fingerprint density at radius 3 is 2.86 bits per heavy atom. The highest BCUT2D eigenvalue weighted by Gasteiger charge is 2.21. The lowest BCUT2D eigenvalue weighted by atomic mass is 10.0. The summed E-state index contributed by atoms with van der Waals surface area (Å²) in [4.78, 5) is 2.52. The normalized spacial score (nSPS) is 18.5. The Morgan fingerprint density at radius 2 is 2.14 bits per heavy atom. The van der Waals surface area contributed by atoms with E-state index in [4.69, 9.17) is 4.74 Å². The highest BCUT2D eigenvalue weighted by Crippen LogP contribution is 2.34. The van der Waals surface area contributed by atoms with Crippen molar-refractivity contribution in [3.63, 3.8) is 0 Å². The summed E-state index contributed by atoms with van der Waals surface area (Å²) in [7, 11) is 0. The van der Waals surface area contributed by atoms with Gasteiger partial charge in [0.05, 0.1) is 12.3 Å². The summed E-state index contributed by atoms with van der Waals surface area (Å²) >= 11 is 0. The second-order valence-corrected chi connectivity index (χ2v) is 6.30. The van der Waals surface area contributed by atoms with E-state index in [1.807, 2.05) is 0 Å². The van der Waals surface area contributed by atoms with E-state index in [9.17, 15) is 0 Å². The zero-order valence-electron chi connectivity index (χ0n) is 14.5. The lowest BCUT2D eigenvalue weighted by Gasteiger charge is -2.36. The maximum absolute atomic E-state index is 5.94. The molecule has 0 amide bonds. The fraction of sp³-hybridized carbons (Fsp3) is 0.684. The number of rotatable bonds is 8. The first-order valence-electron chi connectivity index (χ1n) is 8.99. The average Bonchev–Trinajstić information content (AvgIpc) is 2.53. The van der Waals surface area contributed by atoms with Crippen molar-refractivity contribution in [1.29, 1.82) is 0 Å². The number of hydrogen-bond acceptors (Lipinski definition) is 3. The Bertz CT molecular complexity index is 447. The zero-order valence-corrected chi connectivity index (χ0v) is 14.5. The number of ether oxygens (including phenoxy) is 1. The molecular weight excluding hydrogens is 272 g/mol. The molecule has 0 aliphatic carbocycles. The lowest BCUT2D eigenvalue weighted by molar-refractivity contribution is 0.337. The fourth-order valence-electron chi connectivity index (χ4n) is 3.17. The molecule has 1 fully saturated rings. The molecule has 1 heterocycles. The largest absolute Gasteiger partial charge is 0.492 e. The van der Waals surface area contributed by atoms with Crippen LogP contribution in [0.5, 0.6) is 5.75 Å². The van der Waals surface area contributed by atoms with Gasteiger partial charge in [-0.2, -0.15) is 0 Å². The molecule has 3 heteroatoms. The van der Waals surface area contributed by atoms with Crippen LogP contribution in [0.1, 0.15) is 58.4 Å². The summed E-state index contributed by atoms with van der Waals surface area (Å²) in [6.07, 6.45) is 6.40. The van der Waals surface area contributed by atoms with E-state index in [1.165, 1.54) is 43.4 Å². The van der Waals surface area contributed by atoms with E-state index in [-0.39, 0.29) is 0 Å². The van der Waals surface area contributed by atoms with Crippen molar-refractivity contribution in [3.05, 3.63) is 23.8 Å². The molecule has 1 aromatic rings. The molecular formula is C19H32N2O. The van der Waals surface area contributed by atoms with Crippen LogP contribution >= 0.6 is 0 Å². The van der Waals surface area contributed by atoms with E-state index >= 15 is 0 Å². The Balaban J connectivity index is 2.08. The van der Waals surface area contributed by atoms with Crippen molar-refractivity contribution in [3.8, 4) is 5.75 Å². The Labute approximate surface area is 136 Å². The van der Waals surface area contributed by atoms with Crippen LogP contribution in [0, 0.1) is 0 Å². The summed E-state index contributed by atoms with van der Waals surface area (Å²) < 4.78 is 5.94. The Hall–Kier alpha value is -1.22. The SMILES string of the molecule is CCCCNCc1ccc(N2CCCCC2C)c(OCC)c1. The van der Waals surface area contributed by atoms with E-state index < -0.39 is 0 Å². The molecule has 2 rings (SSSR count). The van der Waals surface area contributed by atoms with Crippen LogP contribution in [0.3, 0.4) is 0 Å². The molecule has 0 aromatic heterocycles.